The maximum Gasteiger partial charge on any atom is 0.226 e. The van der Waals surface area contributed by atoms with Crippen LogP contribution in [0.3, 0.4) is 0 Å². The number of carbonyl (C=O) groups is 1. The van der Waals surface area contributed by atoms with Crippen molar-refractivity contribution in [3.05, 3.63) is 0 Å². The molecule has 19 heavy (non-hydrogen) atoms. The van der Waals surface area contributed by atoms with Gasteiger partial charge in [-0.1, -0.05) is 13.3 Å². The van der Waals surface area contributed by atoms with Crippen LogP contribution in [0.25, 0.3) is 0 Å². The normalized spacial score (nSPS) is 31.4. The molecular weight excluding hydrogens is 260 g/mol. The van der Waals surface area contributed by atoms with Crippen molar-refractivity contribution in [3.63, 3.8) is 0 Å². The Morgan fingerprint density at radius 1 is 1.21 bits per heavy atom. The van der Waals surface area contributed by atoms with E-state index in [1.165, 1.54) is 32.1 Å². The van der Waals surface area contributed by atoms with E-state index < -0.39 is 0 Å². The Bertz CT molecular complexity index is 271. The quantitative estimate of drug-likeness (QED) is 0.866. The number of piperidine rings is 1. The summed E-state index contributed by atoms with van der Waals surface area (Å²) in [5.41, 5.74) is 0. The summed E-state index contributed by atoms with van der Waals surface area (Å²) in [5.74, 6) is 1.51. The smallest absolute Gasteiger partial charge is 0.226 e. The molecule has 1 unspecified atom stereocenters. The van der Waals surface area contributed by atoms with Gasteiger partial charge >= 0.3 is 0 Å². The highest BCUT2D eigenvalue weighted by Gasteiger charge is 2.30. The van der Waals surface area contributed by atoms with Gasteiger partial charge in [-0.05, 0) is 51.0 Å². The van der Waals surface area contributed by atoms with Crippen LogP contribution in [-0.2, 0) is 4.79 Å². The molecule has 3 nitrogen and oxygen atoms in total. The van der Waals surface area contributed by atoms with E-state index in [0.717, 1.165) is 31.8 Å². The Morgan fingerprint density at radius 2 is 1.89 bits per heavy atom. The second kappa shape index (κ2) is 8.11. The van der Waals surface area contributed by atoms with Crippen molar-refractivity contribution in [2.45, 2.75) is 57.9 Å². The van der Waals surface area contributed by atoms with Crippen molar-refractivity contribution in [1.29, 1.82) is 0 Å². The van der Waals surface area contributed by atoms with Gasteiger partial charge in [0.15, 0.2) is 0 Å². The molecular formula is C15H29ClN2O. The van der Waals surface area contributed by atoms with E-state index in [4.69, 9.17) is 0 Å². The second-order valence-corrected chi connectivity index (χ2v) is 6.08. The number of rotatable bonds is 3. The third-order valence-electron chi connectivity index (χ3n) is 4.94. The molecule has 0 radical (unpaired) electrons. The number of nitrogens with zero attached hydrogens (tertiary/aromatic N) is 1. The summed E-state index contributed by atoms with van der Waals surface area (Å²) in [4.78, 5) is 14.5. The summed E-state index contributed by atoms with van der Waals surface area (Å²) in [6.07, 6.45) is 8.55. The molecule has 1 aliphatic heterocycles. The van der Waals surface area contributed by atoms with Crippen molar-refractivity contribution >= 4 is 18.3 Å². The van der Waals surface area contributed by atoms with Gasteiger partial charge < -0.3 is 10.2 Å². The molecule has 1 atom stereocenters. The van der Waals surface area contributed by atoms with Gasteiger partial charge in [0, 0.05) is 19.6 Å². The highest BCUT2D eigenvalue weighted by atomic mass is 35.5. The standard InChI is InChI=1S/C15H28N2O.ClH/c1-3-12-6-8-14(9-7-12)17(2)15(18)13-5-4-10-16-11-13;/h12-14,16H,3-11H2,1-2H3;1H. The molecule has 2 rings (SSSR count). The van der Waals surface area contributed by atoms with Crippen LogP contribution in [0.4, 0.5) is 0 Å². The van der Waals surface area contributed by atoms with Crippen LogP contribution >= 0.6 is 12.4 Å². The van der Waals surface area contributed by atoms with Crippen LogP contribution in [0, 0.1) is 11.8 Å². The molecule has 1 saturated carbocycles. The first kappa shape index (κ1) is 16.8. The highest BCUT2D eigenvalue weighted by Crippen LogP contribution is 2.29. The van der Waals surface area contributed by atoms with Crippen molar-refractivity contribution in [3.8, 4) is 0 Å². The summed E-state index contributed by atoms with van der Waals surface area (Å²) >= 11 is 0. The van der Waals surface area contributed by atoms with Gasteiger partial charge in [0.05, 0.1) is 5.92 Å². The topological polar surface area (TPSA) is 32.3 Å². The zero-order valence-electron chi connectivity index (χ0n) is 12.4. The van der Waals surface area contributed by atoms with E-state index in [0.29, 0.717) is 11.9 Å². The van der Waals surface area contributed by atoms with Gasteiger partial charge in [0.2, 0.25) is 5.91 Å². The predicted molar refractivity (Wildman–Crippen MR) is 81.6 cm³/mol. The van der Waals surface area contributed by atoms with Crippen LogP contribution in [-0.4, -0.2) is 37.0 Å². The fourth-order valence-corrected chi connectivity index (χ4v) is 3.47. The molecule has 1 aliphatic carbocycles. The maximum atomic E-state index is 12.4. The fraction of sp³-hybridized carbons (Fsp3) is 0.933. The molecule has 2 fully saturated rings. The largest absolute Gasteiger partial charge is 0.342 e. The van der Waals surface area contributed by atoms with Gasteiger partial charge in [-0.15, -0.1) is 12.4 Å². The number of hydrogen-bond acceptors (Lipinski definition) is 2. The lowest BCUT2D eigenvalue weighted by atomic mass is 9.83. The van der Waals surface area contributed by atoms with Crippen molar-refractivity contribution in [2.75, 3.05) is 20.1 Å². The molecule has 4 heteroatoms. The van der Waals surface area contributed by atoms with Gasteiger partial charge in [-0.25, -0.2) is 0 Å². The zero-order chi connectivity index (χ0) is 13.0. The minimum Gasteiger partial charge on any atom is -0.342 e. The predicted octanol–water partition coefficient (Wildman–Crippen LogP) is 2.84. The molecule has 0 aromatic heterocycles. The Labute approximate surface area is 123 Å². The summed E-state index contributed by atoms with van der Waals surface area (Å²) in [5, 5.41) is 3.34. The second-order valence-electron chi connectivity index (χ2n) is 6.08. The first-order chi connectivity index (χ1) is 8.72. The number of halogens is 1. The van der Waals surface area contributed by atoms with E-state index in [-0.39, 0.29) is 18.3 Å². The minimum atomic E-state index is 0. The summed E-state index contributed by atoms with van der Waals surface area (Å²) in [6, 6.07) is 0.502. The van der Waals surface area contributed by atoms with Crippen molar-refractivity contribution in [2.24, 2.45) is 11.8 Å². The molecule has 1 heterocycles. The van der Waals surface area contributed by atoms with Gasteiger partial charge in [0.25, 0.3) is 0 Å². The molecule has 0 spiro atoms. The highest BCUT2D eigenvalue weighted by molar-refractivity contribution is 5.85. The minimum absolute atomic E-state index is 0. The molecule has 0 aromatic rings. The Kier molecular flexibility index (Phi) is 7.16. The zero-order valence-corrected chi connectivity index (χ0v) is 13.2. The van der Waals surface area contributed by atoms with E-state index >= 15 is 0 Å². The number of hydrogen-bond donors (Lipinski definition) is 1. The van der Waals surface area contributed by atoms with Gasteiger partial charge in [-0.2, -0.15) is 0 Å². The molecule has 1 amide bonds. The summed E-state index contributed by atoms with van der Waals surface area (Å²) < 4.78 is 0. The Balaban J connectivity index is 0.00000180. The van der Waals surface area contributed by atoms with Crippen molar-refractivity contribution < 1.29 is 4.79 Å². The number of nitrogens with one attached hydrogen (secondary N) is 1. The molecule has 0 bridgehead atoms. The SMILES string of the molecule is CCC1CCC(N(C)C(=O)C2CCCNC2)CC1.Cl. The van der Waals surface area contributed by atoms with Crippen LogP contribution in [0.2, 0.25) is 0 Å². The molecule has 1 saturated heterocycles. The first-order valence-corrected chi connectivity index (χ1v) is 7.69. The first-order valence-electron chi connectivity index (χ1n) is 7.69. The average Bonchev–Trinajstić information content (AvgIpc) is 2.47. The lowest BCUT2D eigenvalue weighted by Gasteiger charge is -2.37. The third-order valence-corrected chi connectivity index (χ3v) is 4.94. The Hall–Kier alpha value is -0.280. The summed E-state index contributed by atoms with van der Waals surface area (Å²) in [7, 11) is 2.02. The lowest BCUT2D eigenvalue weighted by Crippen LogP contribution is -2.46. The molecule has 2 aliphatic rings. The molecule has 1 N–H and O–H groups in total. The van der Waals surface area contributed by atoms with Crippen LogP contribution in [0.1, 0.15) is 51.9 Å². The Morgan fingerprint density at radius 3 is 2.42 bits per heavy atom. The molecule has 112 valence electrons. The monoisotopic (exact) mass is 288 g/mol. The van der Waals surface area contributed by atoms with Crippen LogP contribution in [0.15, 0.2) is 0 Å². The summed E-state index contributed by atoms with van der Waals surface area (Å²) in [6.45, 7) is 4.25. The fourth-order valence-electron chi connectivity index (χ4n) is 3.47. The third kappa shape index (κ3) is 4.35. The van der Waals surface area contributed by atoms with E-state index in [2.05, 4.69) is 17.1 Å². The van der Waals surface area contributed by atoms with Gasteiger partial charge in [-0.3, -0.25) is 4.79 Å². The van der Waals surface area contributed by atoms with Crippen LogP contribution < -0.4 is 5.32 Å². The van der Waals surface area contributed by atoms with Gasteiger partial charge in [0.1, 0.15) is 0 Å². The number of carbonyl (C=O) groups excluding carboxylic acids is 1. The van der Waals surface area contributed by atoms with Crippen LogP contribution in [0.5, 0.6) is 0 Å². The van der Waals surface area contributed by atoms with E-state index in [1.807, 2.05) is 7.05 Å². The number of amides is 1. The van der Waals surface area contributed by atoms with Crippen molar-refractivity contribution in [1.82, 2.24) is 10.2 Å². The lowest BCUT2D eigenvalue weighted by molar-refractivity contribution is -0.137. The van der Waals surface area contributed by atoms with E-state index in [1.54, 1.807) is 0 Å². The van der Waals surface area contributed by atoms with E-state index in [9.17, 15) is 4.79 Å². The molecule has 0 aromatic carbocycles. The maximum absolute atomic E-state index is 12.4. The average molecular weight is 289 g/mol.